The van der Waals surface area contributed by atoms with Crippen molar-refractivity contribution in [2.75, 3.05) is 33.4 Å². The van der Waals surface area contributed by atoms with Gasteiger partial charge >= 0.3 is 0 Å². The minimum Gasteiger partial charge on any atom is -1.00 e. The van der Waals surface area contributed by atoms with Crippen LogP contribution in [0.1, 0.15) is 22.6 Å². The van der Waals surface area contributed by atoms with Gasteiger partial charge in [-0.15, -0.1) is 22.7 Å². The summed E-state index contributed by atoms with van der Waals surface area (Å²) < 4.78 is 5.21. The van der Waals surface area contributed by atoms with Crippen molar-refractivity contribution in [1.29, 1.82) is 0 Å². The van der Waals surface area contributed by atoms with Gasteiger partial charge in [-0.1, -0.05) is 12.1 Å². The summed E-state index contributed by atoms with van der Waals surface area (Å²) in [6.07, 6.45) is 2.42. The second kappa shape index (κ2) is 8.85. The van der Waals surface area contributed by atoms with Gasteiger partial charge < -0.3 is 22.0 Å². The SMILES string of the molecule is COCC[NH+]1CCC(=C(c2cccs2)c2cccs2)CC1.[Cl-]. The van der Waals surface area contributed by atoms with Gasteiger partial charge in [0, 0.05) is 35.3 Å². The van der Waals surface area contributed by atoms with E-state index < -0.39 is 0 Å². The fraction of sp³-hybridized carbons (Fsp3) is 0.412. The molecule has 22 heavy (non-hydrogen) atoms. The predicted octanol–water partition coefficient (Wildman–Crippen LogP) is -0.0594. The maximum Gasteiger partial charge on any atom is 0.101 e. The van der Waals surface area contributed by atoms with Crippen LogP contribution in [0, 0.1) is 0 Å². The van der Waals surface area contributed by atoms with Crippen molar-refractivity contribution in [3.63, 3.8) is 0 Å². The summed E-state index contributed by atoms with van der Waals surface area (Å²) in [5.41, 5.74) is 3.15. The van der Waals surface area contributed by atoms with Gasteiger partial charge in [0.05, 0.1) is 19.7 Å². The molecule has 1 aliphatic rings. The Hall–Kier alpha value is -0.650. The molecule has 2 aromatic heterocycles. The van der Waals surface area contributed by atoms with Crippen LogP contribution in [0.4, 0.5) is 0 Å². The van der Waals surface area contributed by atoms with E-state index in [2.05, 4.69) is 35.0 Å². The van der Waals surface area contributed by atoms with E-state index in [0.717, 1.165) is 13.2 Å². The summed E-state index contributed by atoms with van der Waals surface area (Å²) in [6.45, 7) is 4.48. The molecule has 3 rings (SSSR count). The third-order valence-electron chi connectivity index (χ3n) is 4.11. The van der Waals surface area contributed by atoms with E-state index in [1.807, 2.05) is 22.7 Å². The second-order valence-corrected chi connectivity index (χ2v) is 7.32. The molecular formula is C17H22ClNOS2. The Morgan fingerprint density at radius 3 is 2.14 bits per heavy atom. The number of ether oxygens (including phenoxy) is 1. The number of piperidine rings is 1. The fourth-order valence-corrected chi connectivity index (χ4v) is 4.69. The molecule has 1 saturated heterocycles. The monoisotopic (exact) mass is 355 g/mol. The third kappa shape index (κ3) is 4.21. The molecule has 0 amide bonds. The maximum absolute atomic E-state index is 5.21. The van der Waals surface area contributed by atoms with Crippen LogP contribution in [0.2, 0.25) is 0 Å². The summed E-state index contributed by atoms with van der Waals surface area (Å²) >= 11 is 3.72. The summed E-state index contributed by atoms with van der Waals surface area (Å²) in [5.74, 6) is 0. The van der Waals surface area contributed by atoms with Crippen LogP contribution in [0.3, 0.4) is 0 Å². The van der Waals surface area contributed by atoms with E-state index in [9.17, 15) is 0 Å². The lowest BCUT2D eigenvalue weighted by atomic mass is 9.96. The minimum absolute atomic E-state index is 0. The van der Waals surface area contributed by atoms with Crippen molar-refractivity contribution in [1.82, 2.24) is 0 Å². The average Bonchev–Trinajstić information content (AvgIpc) is 3.21. The second-order valence-electron chi connectivity index (χ2n) is 5.43. The number of hydrogen-bond acceptors (Lipinski definition) is 3. The number of hydrogen-bond donors (Lipinski definition) is 1. The largest absolute Gasteiger partial charge is 1.00 e. The Balaban J connectivity index is 0.00000176. The first kappa shape index (κ1) is 17.7. The Kier molecular flexibility index (Phi) is 7.12. The van der Waals surface area contributed by atoms with Crippen LogP contribution in [0.25, 0.3) is 5.57 Å². The molecule has 0 aliphatic carbocycles. The van der Waals surface area contributed by atoms with Gasteiger partial charge in [0.15, 0.2) is 0 Å². The predicted molar refractivity (Wildman–Crippen MR) is 91.3 cm³/mol. The molecule has 5 heteroatoms. The molecule has 120 valence electrons. The van der Waals surface area contributed by atoms with Crippen LogP contribution >= 0.6 is 22.7 Å². The summed E-state index contributed by atoms with van der Waals surface area (Å²) in [7, 11) is 1.79. The van der Waals surface area contributed by atoms with Crippen LogP contribution in [0.15, 0.2) is 40.6 Å². The Morgan fingerprint density at radius 2 is 1.68 bits per heavy atom. The van der Waals surface area contributed by atoms with Gasteiger partial charge in [-0.25, -0.2) is 0 Å². The zero-order valence-electron chi connectivity index (χ0n) is 12.8. The summed E-state index contributed by atoms with van der Waals surface area (Å²) in [5, 5.41) is 4.37. The van der Waals surface area contributed by atoms with E-state index >= 15 is 0 Å². The van der Waals surface area contributed by atoms with Gasteiger partial charge in [0.2, 0.25) is 0 Å². The molecule has 1 N–H and O–H groups in total. The van der Waals surface area contributed by atoms with E-state index in [0.29, 0.717) is 0 Å². The van der Waals surface area contributed by atoms with Gasteiger partial charge in [-0.3, -0.25) is 0 Å². The lowest BCUT2D eigenvalue weighted by Gasteiger charge is -2.26. The highest BCUT2D eigenvalue weighted by molar-refractivity contribution is 7.13. The van der Waals surface area contributed by atoms with Crippen molar-refractivity contribution < 1.29 is 22.0 Å². The Labute approximate surface area is 146 Å². The minimum atomic E-state index is 0. The van der Waals surface area contributed by atoms with E-state index in [1.54, 1.807) is 17.6 Å². The molecule has 0 aromatic carbocycles. The zero-order chi connectivity index (χ0) is 14.5. The molecule has 2 aromatic rings. The van der Waals surface area contributed by atoms with Crippen LogP contribution in [-0.2, 0) is 4.74 Å². The van der Waals surface area contributed by atoms with Crippen LogP contribution in [-0.4, -0.2) is 33.4 Å². The average molecular weight is 356 g/mol. The molecule has 0 saturated carbocycles. The smallest absolute Gasteiger partial charge is 0.101 e. The Bertz CT molecular complexity index is 532. The highest BCUT2D eigenvalue weighted by Gasteiger charge is 2.21. The normalized spacial score (nSPS) is 18.0. The first-order chi connectivity index (χ1) is 10.4. The number of quaternary nitrogens is 1. The van der Waals surface area contributed by atoms with Crippen LogP contribution < -0.4 is 17.3 Å². The molecule has 2 nitrogen and oxygen atoms in total. The van der Waals surface area contributed by atoms with Crippen molar-refractivity contribution in [3.8, 4) is 0 Å². The van der Waals surface area contributed by atoms with Gasteiger partial charge in [-0.05, 0) is 28.5 Å². The van der Waals surface area contributed by atoms with Gasteiger partial charge in [0.25, 0.3) is 0 Å². The van der Waals surface area contributed by atoms with E-state index in [-0.39, 0.29) is 12.4 Å². The van der Waals surface area contributed by atoms with Gasteiger partial charge in [0.1, 0.15) is 6.54 Å². The van der Waals surface area contributed by atoms with Crippen molar-refractivity contribution in [2.24, 2.45) is 0 Å². The topological polar surface area (TPSA) is 13.7 Å². The highest BCUT2D eigenvalue weighted by Crippen LogP contribution is 2.35. The number of methoxy groups -OCH3 is 1. The number of rotatable bonds is 5. The zero-order valence-corrected chi connectivity index (χ0v) is 15.2. The lowest BCUT2D eigenvalue weighted by Crippen LogP contribution is -3.13. The van der Waals surface area contributed by atoms with Gasteiger partial charge in [-0.2, -0.15) is 0 Å². The molecule has 0 bridgehead atoms. The molecule has 0 spiro atoms. The van der Waals surface area contributed by atoms with Crippen LogP contribution in [0.5, 0.6) is 0 Å². The van der Waals surface area contributed by atoms with Crippen molar-refractivity contribution >= 4 is 28.2 Å². The number of halogens is 1. The lowest BCUT2D eigenvalue weighted by molar-refractivity contribution is -0.903. The Morgan fingerprint density at radius 1 is 1.09 bits per heavy atom. The van der Waals surface area contributed by atoms with E-state index in [1.165, 1.54) is 41.3 Å². The van der Waals surface area contributed by atoms with E-state index in [4.69, 9.17) is 4.74 Å². The number of likely N-dealkylation sites (tertiary alicyclic amines) is 1. The first-order valence-electron chi connectivity index (χ1n) is 7.51. The maximum atomic E-state index is 5.21. The summed E-state index contributed by atoms with van der Waals surface area (Å²) in [6, 6.07) is 8.84. The third-order valence-corrected chi connectivity index (χ3v) is 5.88. The number of thiophene rings is 2. The molecule has 1 aliphatic heterocycles. The van der Waals surface area contributed by atoms with Crippen molar-refractivity contribution in [2.45, 2.75) is 12.8 Å². The van der Waals surface area contributed by atoms with Crippen molar-refractivity contribution in [3.05, 3.63) is 50.4 Å². The first-order valence-corrected chi connectivity index (χ1v) is 9.26. The summed E-state index contributed by atoms with van der Waals surface area (Å²) in [4.78, 5) is 4.53. The standard InChI is InChI=1S/C17H21NOS2.ClH/c1-19-11-10-18-8-6-14(7-9-18)17(15-4-2-12-20-15)16-5-3-13-21-16;/h2-5,12-13H,6-11H2,1H3;1H. The fourth-order valence-electron chi connectivity index (χ4n) is 2.96. The number of nitrogens with one attached hydrogen (secondary N) is 1. The highest BCUT2D eigenvalue weighted by atomic mass is 35.5. The molecule has 3 heterocycles. The molecular weight excluding hydrogens is 334 g/mol. The molecule has 0 radical (unpaired) electrons. The molecule has 0 atom stereocenters. The molecule has 0 unspecified atom stereocenters. The molecule has 1 fully saturated rings. The quantitative estimate of drug-likeness (QED) is 0.793.